The van der Waals surface area contributed by atoms with Gasteiger partial charge in [0.1, 0.15) is 0 Å². The third-order valence-electron chi connectivity index (χ3n) is 3.07. The number of hydrogen-bond donors (Lipinski definition) is 1. The Bertz CT molecular complexity index is 299. The Morgan fingerprint density at radius 3 is 2.50 bits per heavy atom. The molecular weight excluding hydrogens is 228 g/mol. The summed E-state index contributed by atoms with van der Waals surface area (Å²) in [7, 11) is 0. The van der Waals surface area contributed by atoms with Crippen molar-refractivity contribution in [1.82, 2.24) is 9.80 Å². The van der Waals surface area contributed by atoms with Gasteiger partial charge < -0.3 is 10.0 Å². The summed E-state index contributed by atoms with van der Waals surface area (Å²) in [6, 6.07) is 0. The normalized spacial score (nSPS) is 17.2. The largest absolute Gasteiger partial charge is 0.396 e. The van der Waals surface area contributed by atoms with Crippen LogP contribution in [0.3, 0.4) is 0 Å². The van der Waals surface area contributed by atoms with Crippen LogP contribution in [0.2, 0.25) is 0 Å². The molecule has 0 bridgehead atoms. The van der Waals surface area contributed by atoms with E-state index in [1.807, 2.05) is 0 Å². The summed E-state index contributed by atoms with van der Waals surface area (Å²) in [5.41, 5.74) is 0. The minimum Gasteiger partial charge on any atom is -0.396 e. The van der Waals surface area contributed by atoms with E-state index in [0.29, 0.717) is 6.54 Å². The van der Waals surface area contributed by atoms with Gasteiger partial charge in [0.2, 0.25) is 5.78 Å². The summed E-state index contributed by atoms with van der Waals surface area (Å²) in [5, 5.41) is 8.77. The van der Waals surface area contributed by atoms with Crippen LogP contribution in [-0.2, 0) is 4.79 Å². The van der Waals surface area contributed by atoms with Crippen molar-refractivity contribution in [3.8, 4) is 11.8 Å². The molecule has 4 heteroatoms. The van der Waals surface area contributed by atoms with Crippen LogP contribution in [0.15, 0.2) is 0 Å². The van der Waals surface area contributed by atoms with Crippen LogP contribution in [0.5, 0.6) is 0 Å². The molecule has 1 saturated heterocycles. The molecule has 1 rings (SSSR count). The molecule has 0 radical (unpaired) electrons. The summed E-state index contributed by atoms with van der Waals surface area (Å²) < 4.78 is 0. The second-order valence-corrected chi connectivity index (χ2v) is 4.67. The Hall–Kier alpha value is -0.890. The summed E-state index contributed by atoms with van der Waals surface area (Å²) in [5.74, 6) is 5.63. The standard InChI is InChI=1S/C14H24N2O2/c1-2-3-4-6-14(18)13-16-10-8-15(9-11-16)7-5-12-17/h17H,2-3,5,7-13H2,1H3. The molecule has 18 heavy (non-hydrogen) atoms. The van der Waals surface area contributed by atoms with E-state index in [0.717, 1.165) is 52.0 Å². The van der Waals surface area contributed by atoms with Crippen molar-refractivity contribution in [2.45, 2.75) is 26.2 Å². The molecule has 4 nitrogen and oxygen atoms in total. The van der Waals surface area contributed by atoms with E-state index < -0.39 is 0 Å². The number of aliphatic hydroxyl groups excluding tert-OH is 1. The van der Waals surface area contributed by atoms with Crippen LogP contribution in [0, 0.1) is 11.8 Å². The van der Waals surface area contributed by atoms with E-state index in [-0.39, 0.29) is 12.4 Å². The lowest BCUT2D eigenvalue weighted by atomic mass is 10.2. The average molecular weight is 252 g/mol. The van der Waals surface area contributed by atoms with Crippen molar-refractivity contribution in [3.05, 3.63) is 0 Å². The lowest BCUT2D eigenvalue weighted by molar-refractivity contribution is -0.115. The van der Waals surface area contributed by atoms with Gasteiger partial charge in [-0.3, -0.25) is 9.69 Å². The zero-order chi connectivity index (χ0) is 13.2. The van der Waals surface area contributed by atoms with Gasteiger partial charge in [0.25, 0.3) is 0 Å². The van der Waals surface area contributed by atoms with E-state index in [1.165, 1.54) is 0 Å². The summed E-state index contributed by atoms with van der Waals surface area (Å²) in [6.45, 7) is 7.54. The van der Waals surface area contributed by atoms with Crippen LogP contribution >= 0.6 is 0 Å². The molecule has 0 aromatic heterocycles. The molecule has 1 aliphatic heterocycles. The maximum atomic E-state index is 11.6. The third kappa shape index (κ3) is 6.15. The molecule has 1 aliphatic rings. The third-order valence-corrected chi connectivity index (χ3v) is 3.07. The van der Waals surface area contributed by atoms with Crippen molar-refractivity contribution in [2.75, 3.05) is 45.9 Å². The fourth-order valence-corrected chi connectivity index (χ4v) is 1.99. The van der Waals surface area contributed by atoms with E-state index in [4.69, 9.17) is 5.11 Å². The number of hydrogen-bond acceptors (Lipinski definition) is 4. The Labute approximate surface area is 110 Å². The first kappa shape index (κ1) is 15.2. The number of carbonyl (C=O) groups excluding carboxylic acids is 1. The number of nitrogens with zero attached hydrogens (tertiary/aromatic N) is 2. The minimum atomic E-state index is 0.0345. The number of carbonyl (C=O) groups is 1. The smallest absolute Gasteiger partial charge is 0.219 e. The van der Waals surface area contributed by atoms with Crippen LogP contribution in [0.4, 0.5) is 0 Å². The fourth-order valence-electron chi connectivity index (χ4n) is 1.99. The number of piperazine rings is 1. The highest BCUT2D eigenvalue weighted by Crippen LogP contribution is 2.02. The predicted octanol–water partition coefficient (Wildman–Crippen LogP) is 0.359. The van der Waals surface area contributed by atoms with Gasteiger partial charge in [-0.2, -0.15) is 0 Å². The van der Waals surface area contributed by atoms with Gasteiger partial charge in [0.15, 0.2) is 0 Å². The van der Waals surface area contributed by atoms with Gasteiger partial charge in [0, 0.05) is 45.8 Å². The van der Waals surface area contributed by atoms with Gasteiger partial charge in [-0.1, -0.05) is 12.8 Å². The molecule has 0 aliphatic carbocycles. The Balaban J connectivity index is 2.19. The first-order valence-electron chi connectivity index (χ1n) is 6.83. The minimum absolute atomic E-state index is 0.0345. The number of rotatable bonds is 6. The highest BCUT2D eigenvalue weighted by molar-refractivity contribution is 5.97. The van der Waals surface area contributed by atoms with Crippen LogP contribution in [-0.4, -0.2) is 66.6 Å². The van der Waals surface area contributed by atoms with Crippen molar-refractivity contribution in [1.29, 1.82) is 0 Å². The summed E-state index contributed by atoms with van der Waals surface area (Å²) in [6.07, 6.45) is 2.64. The number of aliphatic hydroxyl groups is 1. The summed E-state index contributed by atoms with van der Waals surface area (Å²) in [4.78, 5) is 16.1. The first-order chi connectivity index (χ1) is 8.76. The van der Waals surface area contributed by atoms with Crippen molar-refractivity contribution >= 4 is 5.78 Å². The highest BCUT2D eigenvalue weighted by atomic mass is 16.3. The topological polar surface area (TPSA) is 43.8 Å². The highest BCUT2D eigenvalue weighted by Gasteiger charge is 2.17. The number of unbranched alkanes of at least 4 members (excludes halogenated alkanes) is 1. The second-order valence-electron chi connectivity index (χ2n) is 4.67. The van der Waals surface area contributed by atoms with Crippen LogP contribution < -0.4 is 0 Å². The molecule has 0 unspecified atom stereocenters. The Morgan fingerprint density at radius 1 is 1.22 bits per heavy atom. The Morgan fingerprint density at radius 2 is 1.89 bits per heavy atom. The van der Waals surface area contributed by atoms with Gasteiger partial charge >= 0.3 is 0 Å². The maximum absolute atomic E-state index is 11.6. The van der Waals surface area contributed by atoms with E-state index >= 15 is 0 Å². The molecule has 0 aromatic carbocycles. The molecule has 102 valence electrons. The molecule has 0 spiro atoms. The Kier molecular flexibility index (Phi) is 7.66. The van der Waals surface area contributed by atoms with Crippen molar-refractivity contribution in [2.24, 2.45) is 0 Å². The zero-order valence-electron chi connectivity index (χ0n) is 11.3. The van der Waals surface area contributed by atoms with E-state index in [1.54, 1.807) is 0 Å². The van der Waals surface area contributed by atoms with Gasteiger partial charge in [-0.25, -0.2) is 0 Å². The van der Waals surface area contributed by atoms with E-state index in [2.05, 4.69) is 28.6 Å². The molecule has 0 amide bonds. The van der Waals surface area contributed by atoms with Gasteiger partial charge in [0.05, 0.1) is 6.54 Å². The maximum Gasteiger partial charge on any atom is 0.219 e. The first-order valence-corrected chi connectivity index (χ1v) is 6.83. The quantitative estimate of drug-likeness (QED) is 0.547. The lowest BCUT2D eigenvalue weighted by Gasteiger charge is -2.33. The van der Waals surface area contributed by atoms with Crippen molar-refractivity contribution in [3.63, 3.8) is 0 Å². The molecule has 1 N–H and O–H groups in total. The average Bonchev–Trinajstić information content (AvgIpc) is 2.38. The van der Waals surface area contributed by atoms with Crippen LogP contribution in [0.1, 0.15) is 26.2 Å². The van der Waals surface area contributed by atoms with E-state index in [9.17, 15) is 4.79 Å². The summed E-state index contributed by atoms with van der Waals surface area (Å²) >= 11 is 0. The molecule has 1 fully saturated rings. The molecule has 0 aromatic rings. The lowest BCUT2D eigenvalue weighted by Crippen LogP contribution is -2.48. The second kappa shape index (κ2) is 9.09. The SMILES string of the molecule is CCCC#CC(=O)CN1CCN(CCCO)CC1. The molecular formula is C14H24N2O2. The van der Waals surface area contributed by atoms with Crippen LogP contribution in [0.25, 0.3) is 0 Å². The molecule has 0 saturated carbocycles. The van der Waals surface area contributed by atoms with Crippen molar-refractivity contribution < 1.29 is 9.90 Å². The fraction of sp³-hybridized carbons (Fsp3) is 0.786. The zero-order valence-corrected chi connectivity index (χ0v) is 11.3. The monoisotopic (exact) mass is 252 g/mol. The predicted molar refractivity (Wildman–Crippen MR) is 72.3 cm³/mol. The molecule has 1 heterocycles. The number of Topliss-reactive ketones (excluding diaryl/α,β-unsaturated/α-hetero) is 1. The molecule has 0 atom stereocenters. The number of ketones is 1. The van der Waals surface area contributed by atoms with Gasteiger partial charge in [-0.15, -0.1) is 0 Å². The van der Waals surface area contributed by atoms with Gasteiger partial charge in [-0.05, 0) is 18.8 Å².